The highest BCUT2D eigenvalue weighted by atomic mass is 127. The van der Waals surface area contributed by atoms with Gasteiger partial charge >= 0.3 is 0 Å². The molecule has 1 aliphatic rings. The van der Waals surface area contributed by atoms with Gasteiger partial charge in [0.2, 0.25) is 0 Å². The number of imidazole rings is 1. The van der Waals surface area contributed by atoms with Crippen LogP contribution in [0.3, 0.4) is 0 Å². The van der Waals surface area contributed by atoms with Crippen molar-refractivity contribution in [2.75, 3.05) is 39.5 Å². The van der Waals surface area contributed by atoms with Gasteiger partial charge in [-0.3, -0.25) is 0 Å². The van der Waals surface area contributed by atoms with Gasteiger partial charge in [0, 0.05) is 51.9 Å². The monoisotopic (exact) mass is 545 g/mol. The molecule has 0 amide bonds. The van der Waals surface area contributed by atoms with E-state index in [1.807, 2.05) is 13.0 Å². The van der Waals surface area contributed by atoms with E-state index < -0.39 is 0 Å². The number of guanidine groups is 1. The first-order chi connectivity index (χ1) is 14.8. The fourth-order valence-electron chi connectivity index (χ4n) is 3.32. The van der Waals surface area contributed by atoms with Crippen molar-refractivity contribution in [2.45, 2.75) is 32.7 Å². The Morgan fingerprint density at radius 1 is 1.32 bits per heavy atom. The minimum atomic E-state index is -0.291. The molecular formula is C22H33FIN5O2. The van der Waals surface area contributed by atoms with Crippen LogP contribution in [0.2, 0.25) is 0 Å². The van der Waals surface area contributed by atoms with Crippen LogP contribution in [0.1, 0.15) is 31.7 Å². The Kier molecular flexibility index (Phi) is 11.8. The third-order valence-electron chi connectivity index (χ3n) is 5.01. The van der Waals surface area contributed by atoms with E-state index in [9.17, 15) is 4.39 Å². The molecule has 2 aromatic rings. The first-order valence-corrected chi connectivity index (χ1v) is 10.7. The van der Waals surface area contributed by atoms with Gasteiger partial charge < -0.3 is 24.7 Å². The number of hydrogen-bond acceptors (Lipinski definition) is 4. The molecule has 7 nitrogen and oxygen atoms in total. The number of nitrogens with zero attached hydrogens (tertiary/aromatic N) is 3. The molecule has 1 aliphatic heterocycles. The molecule has 0 saturated carbocycles. The van der Waals surface area contributed by atoms with Crippen molar-refractivity contribution in [1.82, 2.24) is 20.2 Å². The Morgan fingerprint density at radius 3 is 2.87 bits per heavy atom. The van der Waals surface area contributed by atoms with Crippen molar-refractivity contribution >= 4 is 29.9 Å². The van der Waals surface area contributed by atoms with E-state index in [0.29, 0.717) is 18.2 Å². The quantitative estimate of drug-likeness (QED) is 0.207. The molecule has 0 spiro atoms. The lowest BCUT2D eigenvalue weighted by atomic mass is 10.0. The van der Waals surface area contributed by atoms with Gasteiger partial charge in [-0.2, -0.15) is 0 Å². The number of rotatable bonds is 10. The Morgan fingerprint density at radius 2 is 2.16 bits per heavy atom. The van der Waals surface area contributed by atoms with Gasteiger partial charge in [-0.1, -0.05) is 6.07 Å². The normalized spacial score (nSPS) is 14.8. The molecule has 1 saturated heterocycles. The second-order valence-corrected chi connectivity index (χ2v) is 7.36. The van der Waals surface area contributed by atoms with Gasteiger partial charge in [0.15, 0.2) is 5.96 Å². The highest BCUT2D eigenvalue weighted by Gasteiger charge is 2.13. The van der Waals surface area contributed by atoms with E-state index in [2.05, 4.69) is 20.6 Å². The minimum absolute atomic E-state index is 0. The van der Waals surface area contributed by atoms with E-state index >= 15 is 0 Å². The maximum absolute atomic E-state index is 14.4. The molecule has 1 aromatic heterocycles. The zero-order valence-electron chi connectivity index (χ0n) is 18.1. The SMILES string of the molecule is CCNC(=NCc1ccc(-n2ccnc2)c(F)c1)NCCCOCC1CCOCC1.I. The van der Waals surface area contributed by atoms with Crippen LogP contribution in [-0.4, -0.2) is 55.0 Å². The van der Waals surface area contributed by atoms with Crippen LogP contribution >= 0.6 is 24.0 Å². The summed E-state index contributed by atoms with van der Waals surface area (Å²) in [6.45, 7) is 7.21. The number of aromatic nitrogens is 2. The summed E-state index contributed by atoms with van der Waals surface area (Å²) in [5.41, 5.74) is 1.29. The van der Waals surface area contributed by atoms with Crippen LogP contribution in [0, 0.1) is 11.7 Å². The summed E-state index contributed by atoms with van der Waals surface area (Å²) in [4.78, 5) is 8.52. The number of ether oxygens (including phenoxy) is 2. The first-order valence-electron chi connectivity index (χ1n) is 10.7. The maximum atomic E-state index is 14.4. The molecular weight excluding hydrogens is 512 g/mol. The number of nitrogens with one attached hydrogen (secondary N) is 2. The van der Waals surface area contributed by atoms with E-state index in [1.165, 1.54) is 6.07 Å². The average molecular weight is 545 g/mol. The predicted octanol–water partition coefficient (Wildman–Crippen LogP) is 3.52. The highest BCUT2D eigenvalue weighted by Crippen LogP contribution is 2.16. The third kappa shape index (κ3) is 8.74. The summed E-state index contributed by atoms with van der Waals surface area (Å²) < 4.78 is 27.2. The maximum Gasteiger partial charge on any atom is 0.191 e. The highest BCUT2D eigenvalue weighted by molar-refractivity contribution is 14.0. The summed E-state index contributed by atoms with van der Waals surface area (Å²) in [7, 11) is 0. The largest absolute Gasteiger partial charge is 0.381 e. The lowest BCUT2D eigenvalue weighted by Gasteiger charge is -2.21. The van der Waals surface area contributed by atoms with Crippen molar-refractivity contribution in [3.05, 3.63) is 48.3 Å². The molecule has 0 bridgehead atoms. The Balaban J connectivity index is 0.00000341. The molecule has 1 fully saturated rings. The summed E-state index contributed by atoms with van der Waals surface area (Å²) in [6, 6.07) is 5.15. The van der Waals surface area contributed by atoms with Crippen molar-refractivity contribution in [1.29, 1.82) is 0 Å². The van der Waals surface area contributed by atoms with Gasteiger partial charge in [0.05, 0.1) is 18.6 Å². The predicted molar refractivity (Wildman–Crippen MR) is 131 cm³/mol. The Labute approximate surface area is 200 Å². The molecule has 2 N–H and O–H groups in total. The van der Waals surface area contributed by atoms with Gasteiger partial charge in [-0.05, 0) is 49.8 Å². The second-order valence-electron chi connectivity index (χ2n) is 7.36. The fraction of sp³-hybridized carbons (Fsp3) is 0.545. The van der Waals surface area contributed by atoms with Crippen molar-refractivity contribution < 1.29 is 13.9 Å². The van der Waals surface area contributed by atoms with Crippen LogP contribution in [-0.2, 0) is 16.0 Å². The molecule has 0 radical (unpaired) electrons. The smallest absolute Gasteiger partial charge is 0.191 e. The number of hydrogen-bond donors (Lipinski definition) is 2. The molecule has 172 valence electrons. The van der Waals surface area contributed by atoms with Gasteiger partial charge in [-0.15, -0.1) is 24.0 Å². The van der Waals surface area contributed by atoms with Crippen LogP contribution in [0.25, 0.3) is 5.69 Å². The van der Waals surface area contributed by atoms with Crippen LogP contribution in [0.5, 0.6) is 0 Å². The molecule has 0 atom stereocenters. The van der Waals surface area contributed by atoms with E-state index in [-0.39, 0.29) is 29.8 Å². The van der Waals surface area contributed by atoms with Gasteiger partial charge in [0.25, 0.3) is 0 Å². The molecule has 1 aromatic carbocycles. The molecule has 2 heterocycles. The Hall–Kier alpha value is -1.72. The van der Waals surface area contributed by atoms with Crippen molar-refractivity contribution in [2.24, 2.45) is 10.9 Å². The number of benzene rings is 1. The molecule has 9 heteroatoms. The van der Waals surface area contributed by atoms with Crippen LogP contribution in [0.15, 0.2) is 41.9 Å². The summed E-state index contributed by atoms with van der Waals surface area (Å²) in [5, 5.41) is 6.53. The molecule has 3 rings (SSSR count). The van der Waals surface area contributed by atoms with Crippen LogP contribution in [0.4, 0.5) is 4.39 Å². The fourth-order valence-corrected chi connectivity index (χ4v) is 3.32. The summed E-state index contributed by atoms with van der Waals surface area (Å²) >= 11 is 0. The zero-order valence-corrected chi connectivity index (χ0v) is 20.4. The van der Waals surface area contributed by atoms with Crippen molar-refractivity contribution in [3.8, 4) is 5.69 Å². The first kappa shape index (κ1) is 25.5. The molecule has 0 unspecified atom stereocenters. The Bertz CT molecular complexity index is 782. The number of halogens is 2. The van der Waals surface area contributed by atoms with E-state index in [0.717, 1.165) is 70.3 Å². The molecule has 31 heavy (non-hydrogen) atoms. The summed E-state index contributed by atoms with van der Waals surface area (Å²) in [5.74, 6) is 1.06. The topological polar surface area (TPSA) is 72.7 Å². The second kappa shape index (κ2) is 14.4. The van der Waals surface area contributed by atoms with E-state index in [1.54, 1.807) is 29.4 Å². The summed E-state index contributed by atoms with van der Waals surface area (Å²) in [6.07, 6.45) is 8.02. The lowest BCUT2D eigenvalue weighted by Crippen LogP contribution is -2.38. The molecule has 0 aliphatic carbocycles. The minimum Gasteiger partial charge on any atom is -0.381 e. The average Bonchev–Trinajstić information content (AvgIpc) is 3.29. The van der Waals surface area contributed by atoms with E-state index in [4.69, 9.17) is 9.47 Å². The van der Waals surface area contributed by atoms with Crippen LogP contribution < -0.4 is 10.6 Å². The lowest BCUT2D eigenvalue weighted by molar-refractivity contribution is 0.0203. The zero-order chi connectivity index (χ0) is 21.0. The standard InChI is InChI=1S/C22H32FN5O2.HI/c1-2-25-22(26-8-3-11-30-16-18-6-12-29-13-7-18)27-15-19-4-5-21(20(23)14-19)28-10-9-24-17-28;/h4-5,9-10,14,17-18H,2-3,6-8,11-13,15-16H2,1H3,(H2,25,26,27);1H. The van der Waals surface area contributed by atoms with Crippen molar-refractivity contribution in [3.63, 3.8) is 0 Å². The van der Waals surface area contributed by atoms with Gasteiger partial charge in [0.1, 0.15) is 5.82 Å². The van der Waals surface area contributed by atoms with Gasteiger partial charge in [-0.25, -0.2) is 14.4 Å². The number of aliphatic imine (C=N–C) groups is 1. The third-order valence-corrected chi connectivity index (χ3v) is 5.01.